The molecule has 0 aromatic heterocycles. The van der Waals surface area contributed by atoms with Crippen molar-refractivity contribution in [3.63, 3.8) is 0 Å². The number of benzene rings is 1. The van der Waals surface area contributed by atoms with Gasteiger partial charge < -0.3 is 9.64 Å². The number of hydrogen-bond donors (Lipinski definition) is 0. The van der Waals surface area contributed by atoms with Gasteiger partial charge in [-0.2, -0.15) is 0 Å². The van der Waals surface area contributed by atoms with E-state index in [0.717, 1.165) is 13.0 Å². The molecule has 3 heterocycles. The minimum Gasteiger partial charge on any atom is -0.468 e. The van der Waals surface area contributed by atoms with Crippen LogP contribution in [-0.2, 0) is 9.53 Å². The molecule has 1 aromatic rings. The van der Waals surface area contributed by atoms with E-state index in [9.17, 15) is 4.79 Å². The van der Waals surface area contributed by atoms with Crippen LogP contribution in [0.5, 0.6) is 0 Å². The van der Waals surface area contributed by atoms with Gasteiger partial charge in [-0.3, -0.25) is 4.79 Å². The summed E-state index contributed by atoms with van der Waals surface area (Å²) in [5.41, 5.74) is 2.38. The predicted octanol–water partition coefficient (Wildman–Crippen LogP) is 2.14. The van der Waals surface area contributed by atoms with Crippen molar-refractivity contribution in [3.05, 3.63) is 29.8 Å². The van der Waals surface area contributed by atoms with Crippen molar-refractivity contribution in [1.82, 2.24) is 0 Å². The molecule has 1 saturated heterocycles. The Hall–Kier alpha value is -1.22. The van der Waals surface area contributed by atoms with E-state index in [1.54, 1.807) is 0 Å². The van der Waals surface area contributed by atoms with Crippen molar-refractivity contribution in [2.75, 3.05) is 25.1 Å². The van der Waals surface area contributed by atoms with Crippen molar-refractivity contribution >= 4 is 23.3 Å². The molecule has 0 saturated carbocycles. The summed E-state index contributed by atoms with van der Waals surface area (Å²) >= 11 is 6.53. The summed E-state index contributed by atoms with van der Waals surface area (Å²) in [6.07, 6.45) is 0.912. The Bertz CT molecular complexity index is 476. The highest BCUT2D eigenvalue weighted by Crippen LogP contribution is 2.50. The summed E-state index contributed by atoms with van der Waals surface area (Å²) in [7, 11) is 1.40. The van der Waals surface area contributed by atoms with Crippen LogP contribution < -0.4 is 4.90 Å². The van der Waals surface area contributed by atoms with Crippen molar-refractivity contribution in [3.8, 4) is 0 Å². The van der Waals surface area contributed by atoms with Crippen LogP contribution >= 0.6 is 11.6 Å². The summed E-state index contributed by atoms with van der Waals surface area (Å²) < 4.78 is 4.86. The second-order valence-corrected chi connectivity index (χ2v) is 5.35. The maximum absolute atomic E-state index is 11.9. The molecule has 0 spiro atoms. The van der Waals surface area contributed by atoms with Crippen molar-refractivity contribution in [2.24, 2.45) is 0 Å². The normalized spacial score (nSPS) is 30.0. The van der Waals surface area contributed by atoms with Crippen LogP contribution in [0.15, 0.2) is 24.3 Å². The third-order valence-electron chi connectivity index (χ3n) is 3.84. The molecule has 90 valence electrons. The molecular formula is C13H14ClNO2. The standard InChI is InChI=1S/C13H14ClNO2/c1-17-12(16)13(14)8-15-7-6-10(13)9-4-2-3-5-11(9)15/h2-5,10H,6-8H2,1H3. The van der Waals surface area contributed by atoms with E-state index in [-0.39, 0.29) is 11.9 Å². The number of nitrogens with zero attached hydrogens (tertiary/aromatic N) is 1. The molecule has 17 heavy (non-hydrogen) atoms. The molecular weight excluding hydrogens is 238 g/mol. The second-order valence-electron chi connectivity index (χ2n) is 4.68. The van der Waals surface area contributed by atoms with E-state index in [2.05, 4.69) is 17.0 Å². The summed E-state index contributed by atoms with van der Waals surface area (Å²) in [6.45, 7) is 1.51. The molecule has 4 heteroatoms. The van der Waals surface area contributed by atoms with Gasteiger partial charge >= 0.3 is 5.97 Å². The molecule has 2 bridgehead atoms. The SMILES string of the molecule is COC(=O)C1(Cl)CN2CCC1c1ccccc12. The molecule has 1 aromatic carbocycles. The van der Waals surface area contributed by atoms with Gasteiger partial charge in [-0.05, 0) is 18.1 Å². The molecule has 4 rings (SSSR count). The lowest BCUT2D eigenvalue weighted by molar-refractivity contribution is -0.144. The average molecular weight is 252 g/mol. The topological polar surface area (TPSA) is 29.5 Å². The monoisotopic (exact) mass is 251 g/mol. The molecule has 2 atom stereocenters. The molecule has 0 N–H and O–H groups in total. The van der Waals surface area contributed by atoms with Crippen molar-refractivity contribution < 1.29 is 9.53 Å². The van der Waals surface area contributed by atoms with Crippen LogP contribution in [0.2, 0.25) is 0 Å². The first-order chi connectivity index (χ1) is 8.16. The Kier molecular flexibility index (Phi) is 2.33. The van der Waals surface area contributed by atoms with E-state index >= 15 is 0 Å². The van der Waals surface area contributed by atoms with Gasteiger partial charge in [0.05, 0.1) is 7.11 Å². The first-order valence-corrected chi connectivity index (χ1v) is 6.16. The van der Waals surface area contributed by atoms with Crippen molar-refractivity contribution in [1.29, 1.82) is 0 Å². The molecule has 0 radical (unpaired) electrons. The summed E-state index contributed by atoms with van der Waals surface area (Å²) in [5, 5.41) is 0. The molecule has 0 amide bonds. The maximum atomic E-state index is 11.9. The minimum atomic E-state index is -0.915. The number of anilines is 1. The Labute approximate surface area is 105 Å². The number of alkyl halides is 1. The number of methoxy groups -OCH3 is 1. The van der Waals surface area contributed by atoms with Crippen molar-refractivity contribution in [2.45, 2.75) is 17.2 Å². The fourth-order valence-corrected chi connectivity index (χ4v) is 3.48. The van der Waals surface area contributed by atoms with E-state index in [1.165, 1.54) is 18.4 Å². The minimum absolute atomic E-state index is 0.0674. The number of hydrogen-bond acceptors (Lipinski definition) is 3. The van der Waals surface area contributed by atoms with Crippen LogP contribution in [0.3, 0.4) is 0 Å². The third-order valence-corrected chi connectivity index (χ3v) is 4.38. The van der Waals surface area contributed by atoms with Gasteiger partial charge in [0.15, 0.2) is 4.87 Å². The van der Waals surface area contributed by atoms with Gasteiger partial charge in [-0.25, -0.2) is 0 Å². The largest absolute Gasteiger partial charge is 0.468 e. The fourth-order valence-electron chi connectivity index (χ4n) is 3.03. The number of ether oxygens (including phenoxy) is 1. The first kappa shape index (κ1) is 10.9. The predicted molar refractivity (Wildman–Crippen MR) is 66.6 cm³/mol. The van der Waals surface area contributed by atoms with Crippen LogP contribution in [0, 0.1) is 0 Å². The van der Waals surface area contributed by atoms with E-state index in [1.807, 2.05) is 12.1 Å². The molecule has 3 aliphatic heterocycles. The number of carbonyl (C=O) groups excluding carboxylic acids is 1. The van der Waals surface area contributed by atoms with Gasteiger partial charge in [0.1, 0.15) is 0 Å². The zero-order valence-corrected chi connectivity index (χ0v) is 10.4. The summed E-state index contributed by atoms with van der Waals surface area (Å²) in [6, 6.07) is 8.17. The molecule has 3 aliphatic rings. The molecule has 3 nitrogen and oxygen atoms in total. The Morgan fingerprint density at radius 3 is 3.06 bits per heavy atom. The number of carbonyl (C=O) groups is 1. The van der Waals surface area contributed by atoms with Gasteiger partial charge in [0.25, 0.3) is 0 Å². The highest BCUT2D eigenvalue weighted by molar-refractivity contribution is 6.35. The van der Waals surface area contributed by atoms with Gasteiger partial charge in [-0.1, -0.05) is 18.2 Å². The van der Waals surface area contributed by atoms with Crippen LogP contribution in [0.4, 0.5) is 5.69 Å². The maximum Gasteiger partial charge on any atom is 0.329 e. The lowest BCUT2D eigenvalue weighted by Gasteiger charge is -2.50. The quantitative estimate of drug-likeness (QED) is 0.566. The summed E-state index contributed by atoms with van der Waals surface area (Å²) in [5.74, 6) is -0.249. The van der Waals surface area contributed by atoms with E-state index in [4.69, 9.17) is 16.3 Å². The number of esters is 1. The van der Waals surface area contributed by atoms with Gasteiger partial charge in [0, 0.05) is 24.7 Å². The third kappa shape index (κ3) is 1.38. The van der Waals surface area contributed by atoms with Crippen LogP contribution in [-0.4, -0.2) is 31.0 Å². The second kappa shape index (κ2) is 3.64. The molecule has 0 aliphatic carbocycles. The van der Waals surface area contributed by atoms with E-state index < -0.39 is 4.87 Å². The van der Waals surface area contributed by atoms with Gasteiger partial charge in [0.2, 0.25) is 0 Å². The fraction of sp³-hybridized carbons (Fsp3) is 0.462. The Morgan fingerprint density at radius 2 is 2.29 bits per heavy atom. The van der Waals surface area contributed by atoms with Crippen LogP contribution in [0.25, 0.3) is 0 Å². The lowest BCUT2D eigenvalue weighted by Crippen LogP contribution is -2.58. The number of fused-ring (bicyclic) bond motifs is 2. The zero-order chi connectivity index (χ0) is 12.0. The molecule has 2 unspecified atom stereocenters. The first-order valence-electron chi connectivity index (χ1n) is 5.78. The number of rotatable bonds is 1. The van der Waals surface area contributed by atoms with Crippen LogP contribution in [0.1, 0.15) is 17.9 Å². The van der Waals surface area contributed by atoms with E-state index in [0.29, 0.717) is 6.54 Å². The highest BCUT2D eigenvalue weighted by atomic mass is 35.5. The average Bonchev–Trinajstić information content (AvgIpc) is 2.38. The Balaban J connectivity index is 2.10. The summed E-state index contributed by atoms with van der Waals surface area (Å²) in [4.78, 5) is 13.2. The number of halogens is 1. The zero-order valence-electron chi connectivity index (χ0n) is 9.65. The van der Waals surface area contributed by atoms with Gasteiger partial charge in [-0.15, -0.1) is 11.6 Å². The highest BCUT2D eigenvalue weighted by Gasteiger charge is 2.53. The Morgan fingerprint density at radius 1 is 1.53 bits per heavy atom. The molecule has 1 fully saturated rings. The number of para-hydroxylation sites is 1. The lowest BCUT2D eigenvalue weighted by atomic mass is 9.75. The number of piperidine rings is 1. The smallest absolute Gasteiger partial charge is 0.329 e.